The predicted octanol–water partition coefficient (Wildman–Crippen LogP) is 3.43. The van der Waals surface area contributed by atoms with Crippen LogP contribution in [0.1, 0.15) is 38.3 Å². The summed E-state index contributed by atoms with van der Waals surface area (Å²) in [6.07, 6.45) is 2.22. The van der Waals surface area contributed by atoms with Gasteiger partial charge in [0.25, 0.3) is 5.69 Å². The van der Waals surface area contributed by atoms with Gasteiger partial charge in [0.2, 0.25) is 5.95 Å². The number of aliphatic hydroxyl groups excluding tert-OH is 1. The van der Waals surface area contributed by atoms with Crippen LogP contribution in [0.2, 0.25) is 0 Å². The van der Waals surface area contributed by atoms with Gasteiger partial charge in [-0.25, -0.2) is 4.98 Å². The van der Waals surface area contributed by atoms with Gasteiger partial charge in [0.15, 0.2) is 0 Å². The highest BCUT2D eigenvalue weighted by atomic mass is 16.6. The van der Waals surface area contributed by atoms with Crippen LogP contribution in [0.4, 0.5) is 23.1 Å². The molecule has 0 radical (unpaired) electrons. The van der Waals surface area contributed by atoms with Crippen LogP contribution in [0.3, 0.4) is 0 Å². The Morgan fingerprint density at radius 2 is 1.96 bits per heavy atom. The average molecular weight is 357 g/mol. The molecule has 1 aromatic carbocycles. The first kappa shape index (κ1) is 18.1. The van der Waals surface area contributed by atoms with Crippen molar-refractivity contribution in [2.75, 3.05) is 17.2 Å². The second-order valence-electron chi connectivity index (χ2n) is 6.88. The molecular formula is C18H23N5O3. The summed E-state index contributed by atoms with van der Waals surface area (Å²) in [7, 11) is 0. The summed E-state index contributed by atoms with van der Waals surface area (Å²) in [5.41, 5.74) is 1.72. The molecule has 0 spiro atoms. The average Bonchev–Trinajstić information content (AvgIpc) is 3.45. The highest BCUT2D eigenvalue weighted by Crippen LogP contribution is 2.40. The molecule has 0 amide bonds. The lowest BCUT2D eigenvalue weighted by molar-refractivity contribution is -0.384. The van der Waals surface area contributed by atoms with Gasteiger partial charge in [-0.15, -0.1) is 0 Å². The molecule has 8 nitrogen and oxygen atoms in total. The minimum absolute atomic E-state index is 0.000201. The molecule has 0 saturated heterocycles. The Morgan fingerprint density at radius 1 is 1.27 bits per heavy atom. The van der Waals surface area contributed by atoms with Crippen LogP contribution in [-0.2, 0) is 0 Å². The largest absolute Gasteiger partial charge is 0.394 e. The topological polar surface area (TPSA) is 113 Å². The summed E-state index contributed by atoms with van der Waals surface area (Å²) in [5.74, 6) is 1.78. The Hall–Kier alpha value is -2.74. The van der Waals surface area contributed by atoms with Gasteiger partial charge in [-0.3, -0.25) is 10.1 Å². The normalized spacial score (nSPS) is 14.9. The molecule has 2 aromatic rings. The van der Waals surface area contributed by atoms with Crippen molar-refractivity contribution in [3.63, 3.8) is 0 Å². The molecule has 138 valence electrons. The van der Waals surface area contributed by atoms with Gasteiger partial charge in [0.05, 0.1) is 23.3 Å². The van der Waals surface area contributed by atoms with Gasteiger partial charge in [-0.05, 0) is 30.9 Å². The zero-order chi connectivity index (χ0) is 18.7. The Kier molecular flexibility index (Phi) is 5.32. The molecule has 0 unspecified atom stereocenters. The van der Waals surface area contributed by atoms with Crippen LogP contribution in [0.5, 0.6) is 0 Å². The number of aromatic nitrogens is 2. The van der Waals surface area contributed by atoms with E-state index in [1.54, 1.807) is 12.1 Å². The molecule has 0 aliphatic heterocycles. The van der Waals surface area contributed by atoms with Gasteiger partial charge in [0, 0.05) is 29.8 Å². The summed E-state index contributed by atoms with van der Waals surface area (Å²) in [5, 5.41) is 26.7. The third-order valence-electron chi connectivity index (χ3n) is 4.41. The molecule has 1 atom stereocenters. The number of hydrogen-bond acceptors (Lipinski definition) is 7. The van der Waals surface area contributed by atoms with Crippen molar-refractivity contribution in [2.24, 2.45) is 5.92 Å². The number of benzene rings is 1. The van der Waals surface area contributed by atoms with Crippen molar-refractivity contribution in [1.29, 1.82) is 0 Å². The zero-order valence-electron chi connectivity index (χ0n) is 14.8. The summed E-state index contributed by atoms with van der Waals surface area (Å²) < 4.78 is 0. The molecule has 0 bridgehead atoms. The van der Waals surface area contributed by atoms with E-state index < -0.39 is 4.92 Å². The zero-order valence-corrected chi connectivity index (χ0v) is 14.8. The monoisotopic (exact) mass is 357 g/mol. The van der Waals surface area contributed by atoms with Crippen LogP contribution < -0.4 is 10.6 Å². The number of rotatable bonds is 8. The lowest BCUT2D eigenvalue weighted by Crippen LogP contribution is -2.30. The second kappa shape index (κ2) is 7.65. The first-order chi connectivity index (χ1) is 12.5. The van der Waals surface area contributed by atoms with Crippen molar-refractivity contribution < 1.29 is 10.0 Å². The number of hydrogen-bond donors (Lipinski definition) is 3. The van der Waals surface area contributed by atoms with E-state index in [9.17, 15) is 15.2 Å². The Morgan fingerprint density at radius 3 is 2.50 bits per heavy atom. The number of nitro groups is 1. The van der Waals surface area contributed by atoms with E-state index in [2.05, 4.69) is 20.6 Å². The van der Waals surface area contributed by atoms with Crippen LogP contribution in [-0.4, -0.2) is 32.6 Å². The molecule has 1 aromatic heterocycles. The van der Waals surface area contributed by atoms with Crippen molar-refractivity contribution in [2.45, 2.75) is 38.6 Å². The molecule has 26 heavy (non-hydrogen) atoms. The third kappa shape index (κ3) is 4.45. The van der Waals surface area contributed by atoms with E-state index in [0.29, 0.717) is 23.4 Å². The summed E-state index contributed by atoms with van der Waals surface area (Å²) in [4.78, 5) is 19.4. The molecule has 3 N–H and O–H groups in total. The van der Waals surface area contributed by atoms with Gasteiger partial charge < -0.3 is 15.7 Å². The van der Waals surface area contributed by atoms with Crippen LogP contribution in [0, 0.1) is 16.0 Å². The number of anilines is 3. The fourth-order valence-electron chi connectivity index (χ4n) is 2.59. The highest BCUT2D eigenvalue weighted by molar-refractivity contribution is 5.59. The van der Waals surface area contributed by atoms with Crippen LogP contribution in [0.15, 0.2) is 30.3 Å². The van der Waals surface area contributed by atoms with Gasteiger partial charge in [0.1, 0.15) is 5.82 Å². The lowest BCUT2D eigenvalue weighted by Gasteiger charge is -2.20. The SMILES string of the molecule is CC(C)[C@H](CO)Nc1nc(Nc2ccc([N+](=O)[O-])cc2)cc(C2CC2)n1. The van der Waals surface area contributed by atoms with E-state index in [0.717, 1.165) is 18.5 Å². The molecular weight excluding hydrogens is 334 g/mol. The molecule has 1 saturated carbocycles. The quantitative estimate of drug-likeness (QED) is 0.490. The third-order valence-corrected chi connectivity index (χ3v) is 4.41. The van der Waals surface area contributed by atoms with Crippen LogP contribution >= 0.6 is 0 Å². The molecule has 3 rings (SSSR count). The van der Waals surface area contributed by atoms with E-state index in [4.69, 9.17) is 0 Å². The summed E-state index contributed by atoms with van der Waals surface area (Å²) in [6.45, 7) is 4.04. The van der Waals surface area contributed by atoms with Crippen molar-refractivity contribution in [3.05, 3.63) is 46.1 Å². The van der Waals surface area contributed by atoms with Crippen molar-refractivity contribution in [1.82, 2.24) is 9.97 Å². The van der Waals surface area contributed by atoms with Gasteiger partial charge in [-0.1, -0.05) is 13.8 Å². The highest BCUT2D eigenvalue weighted by Gasteiger charge is 2.26. The second-order valence-corrected chi connectivity index (χ2v) is 6.88. The van der Waals surface area contributed by atoms with E-state index in [1.807, 2.05) is 19.9 Å². The number of aliphatic hydroxyl groups is 1. The summed E-state index contributed by atoms with van der Waals surface area (Å²) in [6, 6.07) is 7.98. The van der Waals surface area contributed by atoms with Crippen LogP contribution in [0.25, 0.3) is 0 Å². The number of nitrogens with one attached hydrogen (secondary N) is 2. The smallest absolute Gasteiger partial charge is 0.269 e. The molecule has 8 heteroatoms. The van der Waals surface area contributed by atoms with Gasteiger partial charge >= 0.3 is 0 Å². The predicted molar refractivity (Wildman–Crippen MR) is 99.7 cm³/mol. The van der Waals surface area contributed by atoms with Gasteiger partial charge in [-0.2, -0.15) is 4.98 Å². The minimum Gasteiger partial charge on any atom is -0.394 e. The maximum atomic E-state index is 10.8. The first-order valence-corrected chi connectivity index (χ1v) is 8.74. The Balaban J connectivity index is 1.82. The van der Waals surface area contributed by atoms with Crippen molar-refractivity contribution >= 4 is 23.1 Å². The maximum absolute atomic E-state index is 10.8. The van der Waals surface area contributed by atoms with Crippen molar-refractivity contribution in [3.8, 4) is 0 Å². The van der Waals surface area contributed by atoms with E-state index >= 15 is 0 Å². The minimum atomic E-state index is -0.428. The molecule has 1 heterocycles. The fourth-order valence-corrected chi connectivity index (χ4v) is 2.59. The molecule has 1 aliphatic rings. The summed E-state index contributed by atoms with van der Waals surface area (Å²) >= 11 is 0. The van der Waals surface area contributed by atoms with E-state index in [-0.39, 0.29) is 24.3 Å². The number of nitro benzene ring substituents is 1. The lowest BCUT2D eigenvalue weighted by atomic mass is 10.1. The van der Waals surface area contributed by atoms with E-state index in [1.165, 1.54) is 12.1 Å². The fraction of sp³-hybridized carbons (Fsp3) is 0.444. The number of non-ortho nitro benzene ring substituents is 1. The Labute approximate surface area is 151 Å². The number of nitrogens with zero attached hydrogens (tertiary/aromatic N) is 3. The molecule has 1 fully saturated rings. The Bertz CT molecular complexity index is 775. The molecule has 1 aliphatic carbocycles. The first-order valence-electron chi connectivity index (χ1n) is 8.74. The maximum Gasteiger partial charge on any atom is 0.269 e. The standard InChI is InChI=1S/C18H23N5O3/c1-11(2)16(10-24)21-18-20-15(12-3-4-12)9-17(22-18)19-13-5-7-14(8-6-13)23(25)26/h5-9,11-12,16,24H,3-4,10H2,1-2H3,(H2,19,20,21,22)/t16-/m0/s1.